The number of quaternary nitrogens is 1. The molecule has 1 rings (SSSR count). The highest BCUT2D eigenvalue weighted by molar-refractivity contribution is 7.80. The summed E-state index contributed by atoms with van der Waals surface area (Å²) in [6.45, 7) is 0. The lowest BCUT2D eigenvalue weighted by Crippen LogP contribution is -2.34. The van der Waals surface area contributed by atoms with Crippen molar-refractivity contribution in [3.63, 3.8) is 0 Å². The third-order valence-corrected chi connectivity index (χ3v) is 2.44. The molecule has 7 heteroatoms. The molecular weight excluding hydrogens is 258 g/mol. The Bertz CT molecular complexity index is 465. The Morgan fingerprint density at radius 1 is 1.17 bits per heavy atom. The fraction of sp³-hybridized carbons (Fsp3) is 0.455. The molecule has 0 aliphatic rings. The maximum absolute atomic E-state index is 9.22. The summed E-state index contributed by atoms with van der Waals surface area (Å²) < 4.78 is 37.0. The number of hydrogen-bond donors (Lipinski definition) is 0. The Balaban J connectivity index is 0.000000411. The lowest BCUT2D eigenvalue weighted by Gasteiger charge is -2.23. The molecule has 0 atom stereocenters. The van der Waals surface area contributed by atoms with Gasteiger partial charge >= 0.3 is 0 Å². The molecule has 104 valence electrons. The number of methoxy groups -OCH3 is 1. The zero-order valence-corrected chi connectivity index (χ0v) is 12.0. The summed E-state index contributed by atoms with van der Waals surface area (Å²) >= 11 is 0. The highest BCUT2D eigenvalue weighted by Crippen LogP contribution is 2.22. The summed E-state index contributed by atoms with van der Waals surface area (Å²) in [6.07, 6.45) is 0. The molecule has 0 aliphatic carbocycles. The Kier molecular flexibility index (Phi) is 6.27. The van der Waals surface area contributed by atoms with E-state index < -0.39 is 10.4 Å². The van der Waals surface area contributed by atoms with E-state index in [1.54, 1.807) is 7.11 Å². The molecule has 0 aliphatic heterocycles. The van der Waals surface area contributed by atoms with Crippen LogP contribution >= 0.6 is 0 Å². The molecule has 1 aromatic carbocycles. The predicted octanol–water partition coefficient (Wildman–Crippen LogP) is 0.985. The van der Waals surface area contributed by atoms with Gasteiger partial charge in [-0.3, -0.25) is 8.67 Å². The number of rotatable bonds is 3. The van der Waals surface area contributed by atoms with Gasteiger partial charge in [-0.05, 0) is 12.1 Å². The molecular formula is C11H19NO5S. The van der Waals surface area contributed by atoms with Crippen molar-refractivity contribution in [1.29, 1.82) is 0 Å². The molecule has 0 unspecified atom stereocenters. The fourth-order valence-corrected chi connectivity index (χ4v) is 1.03. The maximum atomic E-state index is 9.22. The van der Waals surface area contributed by atoms with Crippen LogP contribution in [0.5, 0.6) is 5.75 Å². The first kappa shape index (κ1) is 16.9. The zero-order valence-electron chi connectivity index (χ0n) is 11.2. The smallest absolute Gasteiger partial charge is 0.217 e. The van der Waals surface area contributed by atoms with Crippen molar-refractivity contribution >= 4 is 16.1 Å². The second-order valence-corrected chi connectivity index (χ2v) is 5.44. The van der Waals surface area contributed by atoms with Crippen LogP contribution < -0.4 is 9.22 Å². The number of nitrogens with zero attached hydrogens (tertiary/aromatic N) is 1. The average molecular weight is 277 g/mol. The van der Waals surface area contributed by atoms with Gasteiger partial charge in [-0.25, -0.2) is 8.42 Å². The summed E-state index contributed by atoms with van der Waals surface area (Å²) in [5, 5.41) is 0. The second kappa shape index (κ2) is 6.69. The standard InChI is InChI=1S/C10H16NO.CH4O4S/c1-11(2,3)9-6-5-7-10(8-9)12-4;1-5-6(2,3)4/h5-8H,1-4H3;1H3,(H,2,3,4)/q+1;/p-1. The maximum Gasteiger partial charge on any atom is 0.217 e. The van der Waals surface area contributed by atoms with Crippen molar-refractivity contribution in [3.8, 4) is 5.75 Å². The van der Waals surface area contributed by atoms with Crippen molar-refractivity contribution in [2.45, 2.75) is 0 Å². The Hall–Kier alpha value is -1.15. The highest BCUT2D eigenvalue weighted by atomic mass is 32.3. The van der Waals surface area contributed by atoms with E-state index in [1.165, 1.54) is 5.69 Å². The Labute approximate surface area is 108 Å². The summed E-state index contributed by atoms with van der Waals surface area (Å²) in [4.78, 5) is 0. The molecule has 0 spiro atoms. The third kappa shape index (κ3) is 7.23. The van der Waals surface area contributed by atoms with Crippen molar-refractivity contribution in [3.05, 3.63) is 24.3 Å². The largest absolute Gasteiger partial charge is 0.726 e. The van der Waals surface area contributed by atoms with Gasteiger partial charge in [-0.15, -0.1) is 0 Å². The van der Waals surface area contributed by atoms with E-state index in [1.807, 2.05) is 12.1 Å². The van der Waals surface area contributed by atoms with E-state index in [-0.39, 0.29) is 0 Å². The molecule has 0 radical (unpaired) electrons. The first-order valence-corrected chi connectivity index (χ1v) is 6.41. The van der Waals surface area contributed by atoms with Gasteiger partial charge < -0.3 is 9.29 Å². The number of ether oxygens (including phenoxy) is 1. The van der Waals surface area contributed by atoms with Crippen LogP contribution in [0.1, 0.15) is 0 Å². The summed E-state index contributed by atoms with van der Waals surface area (Å²) in [6, 6.07) is 8.12. The zero-order chi connectivity index (χ0) is 14.4. The Morgan fingerprint density at radius 3 is 2.00 bits per heavy atom. The molecule has 0 amide bonds. The van der Waals surface area contributed by atoms with E-state index >= 15 is 0 Å². The van der Waals surface area contributed by atoms with Crippen molar-refractivity contribution in [2.24, 2.45) is 0 Å². The molecule has 0 saturated heterocycles. The number of benzene rings is 1. The quantitative estimate of drug-likeness (QED) is 0.468. The lowest BCUT2D eigenvalue weighted by molar-refractivity contribution is 0.314. The Morgan fingerprint density at radius 2 is 1.67 bits per heavy atom. The van der Waals surface area contributed by atoms with Crippen LogP contribution in [0.2, 0.25) is 0 Å². The average Bonchev–Trinajstić information content (AvgIpc) is 2.28. The molecule has 1 aromatic rings. The first-order chi connectivity index (χ1) is 8.10. The minimum atomic E-state index is -4.41. The summed E-state index contributed by atoms with van der Waals surface area (Å²) in [5.41, 5.74) is 1.24. The van der Waals surface area contributed by atoms with Crippen LogP contribution in [0.25, 0.3) is 0 Å². The minimum absolute atomic E-state index is 0.808. The van der Waals surface area contributed by atoms with E-state index in [0.717, 1.165) is 17.3 Å². The van der Waals surface area contributed by atoms with Crippen LogP contribution in [-0.2, 0) is 14.6 Å². The van der Waals surface area contributed by atoms with E-state index in [4.69, 9.17) is 4.74 Å². The van der Waals surface area contributed by atoms with E-state index in [0.29, 0.717) is 0 Å². The van der Waals surface area contributed by atoms with Gasteiger partial charge in [0.2, 0.25) is 10.4 Å². The molecule has 0 saturated carbocycles. The number of hydrogen-bond acceptors (Lipinski definition) is 5. The molecule has 0 fully saturated rings. The first-order valence-electron chi connectivity index (χ1n) is 5.07. The van der Waals surface area contributed by atoms with E-state index in [2.05, 4.69) is 37.5 Å². The highest BCUT2D eigenvalue weighted by Gasteiger charge is 2.11. The van der Waals surface area contributed by atoms with E-state index in [9.17, 15) is 13.0 Å². The van der Waals surface area contributed by atoms with Crippen molar-refractivity contribution in [1.82, 2.24) is 4.48 Å². The van der Waals surface area contributed by atoms with Crippen molar-refractivity contribution in [2.75, 3.05) is 35.4 Å². The third-order valence-electron chi connectivity index (χ3n) is 2.03. The van der Waals surface area contributed by atoms with Gasteiger partial charge in [0.15, 0.2) is 0 Å². The van der Waals surface area contributed by atoms with Gasteiger partial charge in [-0.1, -0.05) is 6.07 Å². The molecule has 0 heterocycles. The van der Waals surface area contributed by atoms with Gasteiger partial charge in [-0.2, -0.15) is 0 Å². The van der Waals surface area contributed by atoms with Crippen LogP contribution in [0, 0.1) is 0 Å². The van der Waals surface area contributed by atoms with Crippen LogP contribution in [-0.4, -0.2) is 48.3 Å². The summed E-state index contributed by atoms with van der Waals surface area (Å²) in [5.74, 6) is 0.917. The fourth-order valence-electron chi connectivity index (χ4n) is 1.03. The van der Waals surface area contributed by atoms with Gasteiger partial charge in [0.1, 0.15) is 11.4 Å². The molecule has 0 aromatic heterocycles. The van der Waals surface area contributed by atoms with Gasteiger partial charge in [0, 0.05) is 6.07 Å². The molecule has 18 heavy (non-hydrogen) atoms. The summed E-state index contributed by atoms with van der Waals surface area (Å²) in [7, 11) is 4.49. The van der Waals surface area contributed by atoms with Crippen molar-refractivity contribution < 1.29 is 21.9 Å². The molecule has 0 bridgehead atoms. The normalized spacial score (nSPS) is 11.4. The molecule has 0 N–H and O–H groups in total. The van der Waals surface area contributed by atoms with Gasteiger partial charge in [0.25, 0.3) is 0 Å². The second-order valence-electron chi connectivity index (χ2n) is 4.29. The predicted molar refractivity (Wildman–Crippen MR) is 69.3 cm³/mol. The van der Waals surface area contributed by atoms with Crippen LogP contribution in [0.4, 0.5) is 5.69 Å². The van der Waals surface area contributed by atoms with Crippen LogP contribution in [0.15, 0.2) is 24.3 Å². The topological polar surface area (TPSA) is 75.7 Å². The SMILES string of the molecule is COS(=O)(=O)[O-].COc1cccc([N+](C)(C)C)c1. The van der Waals surface area contributed by atoms with Gasteiger partial charge in [0.05, 0.1) is 35.4 Å². The van der Waals surface area contributed by atoms with Crippen LogP contribution in [0.3, 0.4) is 0 Å². The lowest BCUT2D eigenvalue weighted by atomic mass is 10.2. The monoisotopic (exact) mass is 277 g/mol. The minimum Gasteiger partial charge on any atom is -0.726 e. The molecule has 6 nitrogen and oxygen atoms in total.